The Kier molecular flexibility index (Phi) is 7.54. The molecule has 0 saturated carbocycles. The fourth-order valence-electron chi connectivity index (χ4n) is 4.38. The number of piperidine rings is 1. The van der Waals surface area contributed by atoms with E-state index in [1.165, 1.54) is 0 Å². The SMILES string of the molecule is C[C@H]1CNC[C@H](C(=O)Cc2cc(-c3cccc(NCC4CCOCC4)n3)c(Cl)cn2)C1. The van der Waals surface area contributed by atoms with Crippen LogP contribution in [0.3, 0.4) is 0 Å². The zero-order valence-corrected chi connectivity index (χ0v) is 18.8. The van der Waals surface area contributed by atoms with Gasteiger partial charge in [-0.25, -0.2) is 4.98 Å². The van der Waals surface area contributed by atoms with Gasteiger partial charge < -0.3 is 15.4 Å². The quantitative estimate of drug-likeness (QED) is 0.675. The number of nitrogens with zero attached hydrogens (tertiary/aromatic N) is 2. The number of anilines is 1. The molecule has 2 atom stereocenters. The fraction of sp³-hybridized carbons (Fsp3) is 0.542. The van der Waals surface area contributed by atoms with Gasteiger partial charge >= 0.3 is 0 Å². The van der Waals surface area contributed by atoms with Gasteiger partial charge in [0.2, 0.25) is 0 Å². The monoisotopic (exact) mass is 442 g/mol. The Morgan fingerprint density at radius 1 is 1.29 bits per heavy atom. The number of ether oxygens (including phenoxy) is 1. The molecule has 0 bridgehead atoms. The van der Waals surface area contributed by atoms with Gasteiger partial charge in [0.25, 0.3) is 0 Å². The van der Waals surface area contributed by atoms with Crippen molar-refractivity contribution in [2.75, 3.05) is 38.2 Å². The van der Waals surface area contributed by atoms with Crippen LogP contribution in [0.1, 0.15) is 31.9 Å². The van der Waals surface area contributed by atoms with Crippen LogP contribution in [-0.2, 0) is 16.0 Å². The van der Waals surface area contributed by atoms with E-state index in [9.17, 15) is 4.79 Å². The van der Waals surface area contributed by atoms with E-state index in [1.807, 2.05) is 24.3 Å². The molecule has 2 fully saturated rings. The molecule has 0 radical (unpaired) electrons. The molecule has 7 heteroatoms. The molecule has 2 aliphatic rings. The molecule has 6 nitrogen and oxygen atoms in total. The van der Waals surface area contributed by atoms with Crippen molar-refractivity contribution in [1.29, 1.82) is 0 Å². The number of pyridine rings is 2. The highest BCUT2D eigenvalue weighted by atomic mass is 35.5. The number of hydrogen-bond donors (Lipinski definition) is 2. The molecule has 2 aromatic rings. The lowest BCUT2D eigenvalue weighted by molar-refractivity contribution is -0.123. The molecule has 0 aromatic carbocycles. The summed E-state index contributed by atoms with van der Waals surface area (Å²) in [5.41, 5.74) is 2.33. The van der Waals surface area contributed by atoms with Crippen molar-refractivity contribution in [3.8, 4) is 11.3 Å². The number of hydrogen-bond acceptors (Lipinski definition) is 6. The van der Waals surface area contributed by atoms with Crippen LogP contribution >= 0.6 is 11.6 Å². The molecule has 2 N–H and O–H groups in total. The molecule has 2 aliphatic heterocycles. The molecule has 166 valence electrons. The number of rotatable bonds is 7. The molecule has 0 aliphatic carbocycles. The lowest BCUT2D eigenvalue weighted by Gasteiger charge is -2.26. The Labute approximate surface area is 189 Å². The number of halogens is 1. The second kappa shape index (κ2) is 10.5. The van der Waals surface area contributed by atoms with E-state index in [2.05, 4.69) is 22.5 Å². The minimum atomic E-state index is 0.0560. The molecule has 2 aromatic heterocycles. The van der Waals surface area contributed by atoms with Gasteiger partial charge in [0.15, 0.2) is 0 Å². The van der Waals surface area contributed by atoms with Gasteiger partial charge in [-0.2, -0.15) is 0 Å². The zero-order chi connectivity index (χ0) is 21.6. The van der Waals surface area contributed by atoms with E-state index >= 15 is 0 Å². The molecule has 4 rings (SSSR count). The first kappa shape index (κ1) is 22.2. The van der Waals surface area contributed by atoms with Crippen LogP contribution in [0.2, 0.25) is 5.02 Å². The number of aromatic nitrogens is 2. The van der Waals surface area contributed by atoms with Crippen LogP contribution in [-0.4, -0.2) is 48.6 Å². The molecule has 2 saturated heterocycles. The molecule has 0 amide bonds. The largest absolute Gasteiger partial charge is 0.381 e. The van der Waals surface area contributed by atoms with Crippen LogP contribution in [0.5, 0.6) is 0 Å². The second-order valence-corrected chi connectivity index (χ2v) is 9.25. The summed E-state index contributed by atoms with van der Waals surface area (Å²) in [7, 11) is 0. The Bertz CT molecular complexity index is 901. The molecular formula is C24H31ClN4O2. The number of ketones is 1. The number of nitrogens with one attached hydrogen (secondary N) is 2. The standard InChI is InChI=1S/C24H31ClN4O2/c1-16-9-18(14-26-12-16)23(30)11-19-10-20(21(25)15-27-19)22-3-2-4-24(29-22)28-13-17-5-7-31-8-6-17/h2-4,10,15-18,26H,5-9,11-14H2,1H3,(H,28,29)/t16-,18-/m1/s1. The van der Waals surface area contributed by atoms with Crippen LogP contribution in [0.15, 0.2) is 30.5 Å². The van der Waals surface area contributed by atoms with Crippen molar-refractivity contribution in [3.63, 3.8) is 0 Å². The van der Waals surface area contributed by atoms with E-state index in [1.54, 1.807) is 6.20 Å². The highest BCUT2D eigenvalue weighted by Gasteiger charge is 2.25. The zero-order valence-electron chi connectivity index (χ0n) is 18.1. The molecule has 0 unspecified atom stereocenters. The third kappa shape index (κ3) is 6.03. The van der Waals surface area contributed by atoms with Crippen LogP contribution in [0.25, 0.3) is 11.3 Å². The molecular weight excluding hydrogens is 412 g/mol. The average Bonchev–Trinajstić information content (AvgIpc) is 2.80. The summed E-state index contributed by atoms with van der Waals surface area (Å²) in [4.78, 5) is 22.0. The highest BCUT2D eigenvalue weighted by molar-refractivity contribution is 6.33. The third-order valence-corrected chi connectivity index (χ3v) is 6.53. The van der Waals surface area contributed by atoms with Gasteiger partial charge in [-0.1, -0.05) is 24.6 Å². The lowest BCUT2D eigenvalue weighted by atomic mass is 9.87. The summed E-state index contributed by atoms with van der Waals surface area (Å²) in [6, 6.07) is 7.80. The van der Waals surface area contributed by atoms with Crippen molar-refractivity contribution in [2.24, 2.45) is 17.8 Å². The summed E-state index contributed by atoms with van der Waals surface area (Å²) in [6.45, 7) is 6.48. The Balaban J connectivity index is 1.44. The van der Waals surface area contributed by atoms with Crippen LogP contribution in [0.4, 0.5) is 5.82 Å². The van der Waals surface area contributed by atoms with Gasteiger partial charge in [0.1, 0.15) is 11.6 Å². The van der Waals surface area contributed by atoms with Crippen LogP contribution in [0, 0.1) is 17.8 Å². The highest BCUT2D eigenvalue weighted by Crippen LogP contribution is 2.28. The minimum absolute atomic E-state index is 0.0560. The smallest absolute Gasteiger partial charge is 0.143 e. The van der Waals surface area contributed by atoms with Gasteiger partial charge in [-0.15, -0.1) is 0 Å². The average molecular weight is 443 g/mol. The third-order valence-electron chi connectivity index (χ3n) is 6.23. The van der Waals surface area contributed by atoms with E-state index in [0.717, 1.165) is 74.9 Å². The molecule has 31 heavy (non-hydrogen) atoms. The summed E-state index contributed by atoms with van der Waals surface area (Å²) in [5.74, 6) is 2.26. The Morgan fingerprint density at radius 2 is 2.13 bits per heavy atom. The van der Waals surface area contributed by atoms with Crippen molar-refractivity contribution in [3.05, 3.63) is 41.2 Å². The van der Waals surface area contributed by atoms with Crippen molar-refractivity contribution in [2.45, 2.75) is 32.6 Å². The number of carbonyl (C=O) groups excluding carboxylic acids is 1. The number of Topliss-reactive ketones (excluding diaryl/α,β-unsaturated/α-hetero) is 1. The lowest BCUT2D eigenvalue weighted by Crippen LogP contribution is -2.39. The molecule has 0 spiro atoms. The first-order valence-corrected chi connectivity index (χ1v) is 11.6. The Morgan fingerprint density at radius 3 is 2.94 bits per heavy atom. The van der Waals surface area contributed by atoms with Gasteiger partial charge in [0, 0.05) is 56.1 Å². The topological polar surface area (TPSA) is 76.1 Å². The predicted octanol–water partition coefficient (Wildman–Crippen LogP) is 3.99. The summed E-state index contributed by atoms with van der Waals surface area (Å²) in [6.07, 6.45) is 5.05. The van der Waals surface area contributed by atoms with E-state index in [-0.39, 0.29) is 11.7 Å². The van der Waals surface area contributed by atoms with Crippen molar-refractivity contribution >= 4 is 23.2 Å². The maximum Gasteiger partial charge on any atom is 0.143 e. The summed E-state index contributed by atoms with van der Waals surface area (Å²) in [5, 5.41) is 7.34. The van der Waals surface area contributed by atoms with E-state index in [0.29, 0.717) is 23.3 Å². The van der Waals surface area contributed by atoms with E-state index < -0.39 is 0 Å². The normalized spacial score (nSPS) is 22.3. The predicted molar refractivity (Wildman–Crippen MR) is 123 cm³/mol. The maximum atomic E-state index is 12.8. The van der Waals surface area contributed by atoms with Crippen LogP contribution < -0.4 is 10.6 Å². The van der Waals surface area contributed by atoms with Gasteiger partial charge in [0.05, 0.1) is 10.7 Å². The van der Waals surface area contributed by atoms with Gasteiger partial charge in [-0.05, 0) is 55.8 Å². The summed E-state index contributed by atoms with van der Waals surface area (Å²) < 4.78 is 5.43. The van der Waals surface area contributed by atoms with E-state index in [4.69, 9.17) is 21.3 Å². The minimum Gasteiger partial charge on any atom is -0.381 e. The van der Waals surface area contributed by atoms with Gasteiger partial charge in [-0.3, -0.25) is 9.78 Å². The fourth-order valence-corrected chi connectivity index (χ4v) is 4.58. The number of carbonyl (C=O) groups is 1. The molecule has 4 heterocycles. The summed E-state index contributed by atoms with van der Waals surface area (Å²) >= 11 is 6.45. The second-order valence-electron chi connectivity index (χ2n) is 8.84. The maximum absolute atomic E-state index is 12.8. The van der Waals surface area contributed by atoms with Crippen molar-refractivity contribution < 1.29 is 9.53 Å². The van der Waals surface area contributed by atoms with Crippen molar-refractivity contribution in [1.82, 2.24) is 15.3 Å². The first-order chi connectivity index (χ1) is 15.1. The first-order valence-electron chi connectivity index (χ1n) is 11.3. The Hall–Kier alpha value is -2.02.